The van der Waals surface area contributed by atoms with Crippen molar-refractivity contribution in [2.24, 2.45) is 5.92 Å². The number of aromatic nitrogens is 2. The zero-order valence-electron chi connectivity index (χ0n) is 15.5. The van der Waals surface area contributed by atoms with Gasteiger partial charge in [-0.15, -0.1) is 0 Å². The van der Waals surface area contributed by atoms with Crippen molar-refractivity contribution in [2.75, 3.05) is 13.1 Å². The lowest BCUT2D eigenvalue weighted by atomic mass is 9.86. The molecule has 1 atom stereocenters. The van der Waals surface area contributed by atoms with E-state index in [1.54, 1.807) is 0 Å². The van der Waals surface area contributed by atoms with Crippen molar-refractivity contribution in [1.29, 1.82) is 5.26 Å². The van der Waals surface area contributed by atoms with E-state index in [9.17, 15) is 10.1 Å². The maximum Gasteiger partial charge on any atom is 0.224 e. The standard InChI is InChI=1S/C21H25N5O/c22-15-21(7-10-25(11-8-21)14-17-4-2-1-3-5-17)24-20(27)18-6-9-26-16-23-13-19(26)12-18/h1-5,13,16,18H,6-12,14H2,(H,24,27). The predicted octanol–water partition coefficient (Wildman–Crippen LogP) is 2.12. The van der Waals surface area contributed by atoms with Crippen molar-refractivity contribution in [3.63, 3.8) is 0 Å². The van der Waals surface area contributed by atoms with E-state index in [1.807, 2.05) is 18.6 Å². The maximum absolute atomic E-state index is 12.8. The molecule has 1 aromatic carbocycles. The number of carbonyl (C=O) groups is 1. The molecule has 1 aromatic heterocycles. The second-order valence-corrected chi connectivity index (χ2v) is 7.71. The van der Waals surface area contributed by atoms with Crippen molar-refractivity contribution in [3.8, 4) is 6.07 Å². The third-order valence-electron chi connectivity index (χ3n) is 5.88. The highest BCUT2D eigenvalue weighted by Crippen LogP contribution is 2.26. The lowest BCUT2D eigenvalue weighted by molar-refractivity contribution is -0.127. The van der Waals surface area contributed by atoms with Crippen LogP contribution in [0.5, 0.6) is 0 Å². The van der Waals surface area contributed by atoms with Gasteiger partial charge in [-0.3, -0.25) is 9.69 Å². The molecule has 140 valence electrons. The second kappa shape index (κ2) is 7.53. The molecule has 0 radical (unpaired) electrons. The Morgan fingerprint density at radius 1 is 1.26 bits per heavy atom. The number of nitrogens with zero attached hydrogens (tertiary/aromatic N) is 4. The molecular formula is C21H25N5O. The van der Waals surface area contributed by atoms with Gasteiger partial charge in [-0.2, -0.15) is 5.26 Å². The minimum Gasteiger partial charge on any atom is -0.337 e. The number of hydrogen-bond donors (Lipinski definition) is 1. The number of fused-ring (bicyclic) bond motifs is 1. The van der Waals surface area contributed by atoms with Gasteiger partial charge in [-0.25, -0.2) is 4.98 Å². The summed E-state index contributed by atoms with van der Waals surface area (Å²) < 4.78 is 2.10. The van der Waals surface area contributed by atoms with Crippen LogP contribution in [0, 0.1) is 17.2 Å². The molecule has 2 aliphatic heterocycles. The van der Waals surface area contributed by atoms with Gasteiger partial charge in [0.15, 0.2) is 0 Å². The van der Waals surface area contributed by atoms with Crippen molar-refractivity contribution >= 4 is 5.91 Å². The molecule has 1 amide bonds. The van der Waals surface area contributed by atoms with E-state index in [4.69, 9.17) is 0 Å². The van der Waals surface area contributed by atoms with Crippen LogP contribution in [0.3, 0.4) is 0 Å². The molecule has 6 heteroatoms. The number of benzene rings is 1. The zero-order chi connectivity index (χ0) is 18.7. The Balaban J connectivity index is 1.34. The number of hydrogen-bond acceptors (Lipinski definition) is 4. The average molecular weight is 363 g/mol. The molecule has 6 nitrogen and oxygen atoms in total. The van der Waals surface area contributed by atoms with Gasteiger partial charge < -0.3 is 9.88 Å². The first-order valence-corrected chi connectivity index (χ1v) is 9.66. The Morgan fingerprint density at radius 2 is 2.04 bits per heavy atom. The minimum absolute atomic E-state index is 0.0144. The summed E-state index contributed by atoms with van der Waals surface area (Å²) in [4.78, 5) is 19.3. The third-order valence-corrected chi connectivity index (χ3v) is 5.88. The van der Waals surface area contributed by atoms with Gasteiger partial charge in [0.2, 0.25) is 5.91 Å². The van der Waals surface area contributed by atoms with Gasteiger partial charge in [0.1, 0.15) is 5.54 Å². The summed E-state index contributed by atoms with van der Waals surface area (Å²) in [6.45, 7) is 3.35. The number of aryl methyl sites for hydroxylation is 1. The fourth-order valence-electron chi connectivity index (χ4n) is 4.13. The van der Waals surface area contributed by atoms with E-state index in [2.05, 4.69) is 50.1 Å². The monoisotopic (exact) mass is 363 g/mol. The largest absolute Gasteiger partial charge is 0.337 e. The average Bonchev–Trinajstić information content (AvgIpc) is 3.18. The number of rotatable bonds is 4. The Bertz CT molecular complexity index is 830. The van der Waals surface area contributed by atoms with Gasteiger partial charge in [-0.1, -0.05) is 30.3 Å². The number of amides is 1. The summed E-state index contributed by atoms with van der Waals surface area (Å²) in [5.74, 6) is -0.0534. The maximum atomic E-state index is 12.8. The molecule has 0 spiro atoms. The zero-order valence-corrected chi connectivity index (χ0v) is 15.5. The highest BCUT2D eigenvalue weighted by molar-refractivity contribution is 5.80. The van der Waals surface area contributed by atoms with Gasteiger partial charge in [0, 0.05) is 50.4 Å². The van der Waals surface area contributed by atoms with Crippen molar-refractivity contribution in [2.45, 2.75) is 44.3 Å². The van der Waals surface area contributed by atoms with Crippen LogP contribution < -0.4 is 5.32 Å². The third kappa shape index (κ3) is 3.88. The summed E-state index contributed by atoms with van der Waals surface area (Å²) in [5, 5.41) is 12.9. The highest BCUT2D eigenvalue weighted by atomic mass is 16.2. The number of nitrogens with one attached hydrogen (secondary N) is 1. The molecule has 27 heavy (non-hydrogen) atoms. The molecule has 2 aromatic rings. The molecule has 1 fully saturated rings. The second-order valence-electron chi connectivity index (χ2n) is 7.71. The Labute approximate surface area is 159 Å². The van der Waals surface area contributed by atoms with Gasteiger partial charge >= 0.3 is 0 Å². The van der Waals surface area contributed by atoms with E-state index in [-0.39, 0.29) is 11.8 Å². The number of nitriles is 1. The predicted molar refractivity (Wildman–Crippen MR) is 101 cm³/mol. The summed E-state index contributed by atoms with van der Waals surface area (Å²) >= 11 is 0. The molecule has 2 aliphatic rings. The normalized spacial score (nSPS) is 21.8. The smallest absolute Gasteiger partial charge is 0.224 e. The molecule has 1 unspecified atom stereocenters. The van der Waals surface area contributed by atoms with Crippen LogP contribution in [0.15, 0.2) is 42.9 Å². The van der Waals surface area contributed by atoms with E-state index in [0.717, 1.165) is 38.3 Å². The van der Waals surface area contributed by atoms with Crippen molar-refractivity contribution in [3.05, 3.63) is 54.1 Å². The highest BCUT2D eigenvalue weighted by Gasteiger charge is 2.38. The van der Waals surface area contributed by atoms with E-state index in [1.165, 1.54) is 5.56 Å². The summed E-state index contributed by atoms with van der Waals surface area (Å²) in [6, 6.07) is 12.8. The van der Waals surface area contributed by atoms with Crippen molar-refractivity contribution < 1.29 is 4.79 Å². The van der Waals surface area contributed by atoms with E-state index in [0.29, 0.717) is 19.3 Å². The fraction of sp³-hybridized carbons (Fsp3) is 0.476. The lowest BCUT2D eigenvalue weighted by Gasteiger charge is -2.38. The van der Waals surface area contributed by atoms with Crippen LogP contribution in [0.2, 0.25) is 0 Å². The van der Waals surface area contributed by atoms with Crippen LogP contribution in [0.1, 0.15) is 30.5 Å². The Morgan fingerprint density at radius 3 is 2.78 bits per heavy atom. The van der Waals surface area contributed by atoms with Crippen LogP contribution >= 0.6 is 0 Å². The number of likely N-dealkylation sites (tertiary alicyclic amines) is 1. The number of piperidine rings is 1. The van der Waals surface area contributed by atoms with E-state index < -0.39 is 5.54 Å². The first kappa shape index (κ1) is 17.7. The van der Waals surface area contributed by atoms with E-state index >= 15 is 0 Å². The SMILES string of the molecule is N#CC1(NC(=O)C2CCn3cncc3C2)CCN(Cc2ccccc2)CC1. The molecule has 1 saturated heterocycles. The molecule has 1 N–H and O–H groups in total. The minimum atomic E-state index is -0.734. The molecule has 3 heterocycles. The lowest BCUT2D eigenvalue weighted by Crippen LogP contribution is -2.56. The fourth-order valence-corrected chi connectivity index (χ4v) is 4.13. The molecule has 0 bridgehead atoms. The van der Waals surface area contributed by atoms with Gasteiger partial charge in [0.25, 0.3) is 0 Å². The summed E-state index contributed by atoms with van der Waals surface area (Å²) in [7, 11) is 0. The first-order chi connectivity index (χ1) is 13.2. The Kier molecular flexibility index (Phi) is 4.95. The molecular weight excluding hydrogens is 338 g/mol. The summed E-state index contributed by atoms with van der Waals surface area (Å²) in [5.41, 5.74) is 1.65. The van der Waals surface area contributed by atoms with Gasteiger partial charge in [0.05, 0.1) is 12.4 Å². The topological polar surface area (TPSA) is 74.0 Å². The molecule has 0 saturated carbocycles. The number of imidazole rings is 1. The van der Waals surface area contributed by atoms with Crippen LogP contribution in [-0.2, 0) is 24.3 Å². The summed E-state index contributed by atoms with van der Waals surface area (Å²) in [6.07, 6.45) is 6.51. The van der Waals surface area contributed by atoms with Crippen LogP contribution in [0.25, 0.3) is 0 Å². The van der Waals surface area contributed by atoms with Crippen molar-refractivity contribution in [1.82, 2.24) is 19.8 Å². The molecule has 4 rings (SSSR count). The van der Waals surface area contributed by atoms with Gasteiger partial charge in [-0.05, 0) is 24.8 Å². The molecule has 0 aliphatic carbocycles. The quantitative estimate of drug-likeness (QED) is 0.903. The van der Waals surface area contributed by atoms with Crippen LogP contribution in [0.4, 0.5) is 0 Å². The number of carbonyl (C=O) groups excluding carboxylic acids is 1. The van der Waals surface area contributed by atoms with Crippen LogP contribution in [-0.4, -0.2) is 39.0 Å². The first-order valence-electron chi connectivity index (χ1n) is 9.66. The Hall–Kier alpha value is -2.65.